The number of carbonyl (C=O) groups is 1. The van der Waals surface area contributed by atoms with E-state index >= 15 is 0 Å². The van der Waals surface area contributed by atoms with Crippen LogP contribution in [0.5, 0.6) is 5.75 Å². The second-order valence-corrected chi connectivity index (χ2v) is 7.66. The van der Waals surface area contributed by atoms with E-state index in [1.807, 2.05) is 25.1 Å². The maximum Gasteiger partial charge on any atom is 0.262 e. The number of sulfonamides is 1. The molecule has 0 heterocycles. The Morgan fingerprint density at radius 3 is 2.36 bits per heavy atom. The number of anilines is 1. The number of nitrogens with two attached hydrogens (primary N) is 1. The Labute approximate surface area is 148 Å². The normalized spacial score (nSPS) is 11.4. The van der Waals surface area contributed by atoms with Gasteiger partial charge in [0.1, 0.15) is 5.75 Å². The highest BCUT2D eigenvalue weighted by Gasteiger charge is 2.11. The van der Waals surface area contributed by atoms with Crippen LogP contribution in [0.15, 0.2) is 47.4 Å². The van der Waals surface area contributed by atoms with E-state index in [0.717, 1.165) is 11.1 Å². The molecule has 2 aromatic carbocycles. The molecule has 0 radical (unpaired) electrons. The fourth-order valence-electron chi connectivity index (χ4n) is 2.31. The van der Waals surface area contributed by atoms with Crippen molar-refractivity contribution in [2.75, 3.05) is 11.9 Å². The molecule has 3 N–H and O–H groups in total. The first-order valence-electron chi connectivity index (χ1n) is 7.83. The summed E-state index contributed by atoms with van der Waals surface area (Å²) >= 11 is 0. The zero-order chi connectivity index (χ0) is 18.6. The number of hydrogen-bond donors (Lipinski definition) is 2. The van der Waals surface area contributed by atoms with Crippen LogP contribution in [0.4, 0.5) is 5.69 Å². The average molecular weight is 362 g/mol. The van der Waals surface area contributed by atoms with Crippen LogP contribution >= 0.6 is 0 Å². The van der Waals surface area contributed by atoms with Crippen molar-refractivity contribution < 1.29 is 17.9 Å². The number of rotatable bonds is 6. The van der Waals surface area contributed by atoms with Gasteiger partial charge < -0.3 is 10.1 Å². The van der Waals surface area contributed by atoms with E-state index in [-0.39, 0.29) is 23.3 Å². The Hall–Kier alpha value is -2.38. The van der Waals surface area contributed by atoms with Crippen LogP contribution in [0.2, 0.25) is 0 Å². The number of primary sulfonamides is 1. The van der Waals surface area contributed by atoms with Crippen LogP contribution in [0, 0.1) is 6.92 Å². The summed E-state index contributed by atoms with van der Waals surface area (Å²) in [4.78, 5) is 12.0. The molecular formula is C18H22N2O4S. The standard InChI is InChI=1S/C18H22N2O4S/c1-12(2)16-9-4-13(3)10-17(16)24-11-18(21)20-14-5-7-15(8-6-14)25(19,22)23/h4-10,12H,11H2,1-3H3,(H,20,21)(H2,19,22,23). The average Bonchev–Trinajstić information content (AvgIpc) is 2.52. The van der Waals surface area contributed by atoms with Crippen molar-refractivity contribution in [3.05, 3.63) is 53.6 Å². The van der Waals surface area contributed by atoms with Crippen molar-refractivity contribution in [1.82, 2.24) is 0 Å². The van der Waals surface area contributed by atoms with Crippen molar-refractivity contribution in [2.24, 2.45) is 5.14 Å². The number of benzene rings is 2. The molecule has 0 aromatic heterocycles. The van der Waals surface area contributed by atoms with Gasteiger partial charge >= 0.3 is 0 Å². The number of nitrogens with one attached hydrogen (secondary N) is 1. The molecule has 7 heteroatoms. The van der Waals surface area contributed by atoms with Crippen LogP contribution < -0.4 is 15.2 Å². The van der Waals surface area contributed by atoms with Gasteiger partial charge in [0.2, 0.25) is 10.0 Å². The van der Waals surface area contributed by atoms with Gasteiger partial charge in [0, 0.05) is 5.69 Å². The van der Waals surface area contributed by atoms with Crippen LogP contribution in [0.25, 0.3) is 0 Å². The summed E-state index contributed by atoms with van der Waals surface area (Å²) in [6.07, 6.45) is 0. The van der Waals surface area contributed by atoms with Gasteiger partial charge in [0.15, 0.2) is 6.61 Å². The Morgan fingerprint density at radius 1 is 1.16 bits per heavy atom. The first-order chi connectivity index (χ1) is 11.7. The number of ether oxygens (including phenoxy) is 1. The van der Waals surface area contributed by atoms with Crippen molar-refractivity contribution in [3.63, 3.8) is 0 Å². The predicted molar refractivity (Wildman–Crippen MR) is 97.2 cm³/mol. The monoisotopic (exact) mass is 362 g/mol. The first kappa shape index (κ1) is 19.0. The second kappa shape index (κ2) is 7.67. The second-order valence-electron chi connectivity index (χ2n) is 6.10. The lowest BCUT2D eigenvalue weighted by Gasteiger charge is -2.15. The number of aryl methyl sites for hydroxylation is 1. The molecule has 2 rings (SSSR count). The van der Waals surface area contributed by atoms with Crippen molar-refractivity contribution >= 4 is 21.6 Å². The fraction of sp³-hybridized carbons (Fsp3) is 0.278. The third-order valence-corrected chi connectivity index (χ3v) is 4.55. The smallest absolute Gasteiger partial charge is 0.262 e. The SMILES string of the molecule is Cc1ccc(C(C)C)c(OCC(=O)Nc2ccc(S(N)(=O)=O)cc2)c1. The largest absolute Gasteiger partial charge is 0.483 e. The minimum atomic E-state index is -3.75. The first-order valence-corrected chi connectivity index (χ1v) is 9.37. The highest BCUT2D eigenvalue weighted by Crippen LogP contribution is 2.27. The zero-order valence-corrected chi connectivity index (χ0v) is 15.3. The molecule has 0 atom stereocenters. The van der Waals surface area contributed by atoms with E-state index in [1.165, 1.54) is 24.3 Å². The van der Waals surface area contributed by atoms with E-state index in [1.54, 1.807) is 0 Å². The summed E-state index contributed by atoms with van der Waals surface area (Å²) in [5.41, 5.74) is 2.56. The predicted octanol–water partition coefficient (Wildman–Crippen LogP) is 2.78. The van der Waals surface area contributed by atoms with E-state index in [0.29, 0.717) is 11.4 Å². The molecule has 0 fully saturated rings. The number of amides is 1. The van der Waals surface area contributed by atoms with Gasteiger partial charge in [-0.2, -0.15) is 0 Å². The summed E-state index contributed by atoms with van der Waals surface area (Å²) in [5, 5.41) is 7.69. The van der Waals surface area contributed by atoms with Crippen LogP contribution in [-0.2, 0) is 14.8 Å². The summed E-state index contributed by atoms with van der Waals surface area (Å²) in [7, 11) is -3.75. The minimum absolute atomic E-state index is 0.0110. The van der Waals surface area contributed by atoms with Gasteiger partial charge in [0.25, 0.3) is 5.91 Å². The molecule has 0 bridgehead atoms. The Bertz CT molecular complexity index is 859. The molecule has 0 aliphatic rings. The van der Waals surface area contributed by atoms with Crippen molar-refractivity contribution in [3.8, 4) is 5.75 Å². The molecule has 0 unspecified atom stereocenters. The lowest BCUT2D eigenvalue weighted by molar-refractivity contribution is -0.118. The molecular weight excluding hydrogens is 340 g/mol. The van der Waals surface area contributed by atoms with Crippen molar-refractivity contribution in [1.29, 1.82) is 0 Å². The van der Waals surface area contributed by atoms with Gasteiger partial charge in [-0.05, 0) is 54.3 Å². The topological polar surface area (TPSA) is 98.5 Å². The molecule has 1 amide bonds. The van der Waals surface area contributed by atoms with Gasteiger partial charge in [0.05, 0.1) is 4.90 Å². The van der Waals surface area contributed by atoms with Gasteiger partial charge in [-0.3, -0.25) is 4.79 Å². The van der Waals surface area contributed by atoms with Gasteiger partial charge in [-0.15, -0.1) is 0 Å². The Balaban J connectivity index is 2.01. The molecule has 0 aliphatic carbocycles. The molecule has 0 saturated heterocycles. The molecule has 25 heavy (non-hydrogen) atoms. The lowest BCUT2D eigenvalue weighted by atomic mass is 10.0. The van der Waals surface area contributed by atoms with Crippen molar-refractivity contribution in [2.45, 2.75) is 31.6 Å². The zero-order valence-electron chi connectivity index (χ0n) is 14.4. The lowest BCUT2D eigenvalue weighted by Crippen LogP contribution is -2.20. The third kappa shape index (κ3) is 5.30. The summed E-state index contributed by atoms with van der Waals surface area (Å²) in [6.45, 7) is 5.94. The summed E-state index contributed by atoms with van der Waals surface area (Å²) in [6, 6.07) is 11.5. The van der Waals surface area contributed by atoms with Crippen LogP contribution in [-0.4, -0.2) is 20.9 Å². The highest BCUT2D eigenvalue weighted by molar-refractivity contribution is 7.89. The molecule has 2 aromatic rings. The maximum atomic E-state index is 12.1. The number of carbonyl (C=O) groups excluding carboxylic acids is 1. The highest BCUT2D eigenvalue weighted by atomic mass is 32.2. The van der Waals surface area contributed by atoms with E-state index in [4.69, 9.17) is 9.88 Å². The molecule has 0 spiro atoms. The van der Waals surface area contributed by atoms with E-state index in [2.05, 4.69) is 19.2 Å². The van der Waals surface area contributed by atoms with E-state index in [9.17, 15) is 13.2 Å². The Kier molecular flexibility index (Phi) is 5.81. The quantitative estimate of drug-likeness (QED) is 0.825. The third-order valence-electron chi connectivity index (χ3n) is 3.62. The summed E-state index contributed by atoms with van der Waals surface area (Å²) < 4.78 is 28.1. The maximum absolute atomic E-state index is 12.1. The summed E-state index contributed by atoms with van der Waals surface area (Å²) in [5.74, 6) is 0.638. The molecule has 0 aliphatic heterocycles. The van der Waals surface area contributed by atoms with Crippen LogP contribution in [0.1, 0.15) is 30.9 Å². The Morgan fingerprint density at radius 2 is 1.80 bits per heavy atom. The number of hydrogen-bond acceptors (Lipinski definition) is 4. The molecule has 0 saturated carbocycles. The van der Waals surface area contributed by atoms with Gasteiger partial charge in [-0.25, -0.2) is 13.6 Å². The minimum Gasteiger partial charge on any atom is -0.483 e. The fourth-order valence-corrected chi connectivity index (χ4v) is 2.83. The van der Waals surface area contributed by atoms with Gasteiger partial charge in [-0.1, -0.05) is 26.0 Å². The molecule has 134 valence electrons. The molecule has 6 nitrogen and oxygen atoms in total. The van der Waals surface area contributed by atoms with E-state index < -0.39 is 10.0 Å². The van der Waals surface area contributed by atoms with Crippen LogP contribution in [0.3, 0.4) is 0 Å².